The first-order valence-electron chi connectivity index (χ1n) is 10.8. The van der Waals surface area contributed by atoms with Gasteiger partial charge in [-0.3, -0.25) is 4.79 Å². The molecule has 1 amide bonds. The molecule has 4 rings (SSSR count). The lowest BCUT2D eigenvalue weighted by atomic mass is 10.1. The lowest BCUT2D eigenvalue weighted by molar-refractivity contribution is -0.134. The van der Waals surface area contributed by atoms with Crippen LogP contribution in [0.2, 0.25) is 0 Å². The molecule has 2 heterocycles. The van der Waals surface area contributed by atoms with E-state index in [4.69, 9.17) is 4.74 Å². The van der Waals surface area contributed by atoms with E-state index in [2.05, 4.69) is 4.90 Å². The summed E-state index contributed by atoms with van der Waals surface area (Å²) in [6.45, 7) is 4.30. The summed E-state index contributed by atoms with van der Waals surface area (Å²) < 4.78 is 46.6. The predicted octanol–water partition coefficient (Wildman–Crippen LogP) is 2.64. The van der Waals surface area contributed by atoms with Gasteiger partial charge in [-0.15, -0.1) is 0 Å². The van der Waals surface area contributed by atoms with Crippen molar-refractivity contribution in [2.24, 2.45) is 0 Å². The van der Waals surface area contributed by atoms with Crippen LogP contribution in [0.4, 0.5) is 10.1 Å². The molecule has 2 aliphatic heterocycles. The molecule has 7 nitrogen and oxygen atoms in total. The number of piperazine rings is 1. The van der Waals surface area contributed by atoms with Gasteiger partial charge in [-0.2, -0.15) is 4.31 Å². The zero-order valence-corrected chi connectivity index (χ0v) is 19.1. The van der Waals surface area contributed by atoms with Crippen LogP contribution in [-0.4, -0.2) is 69.4 Å². The number of anilines is 1. The minimum atomic E-state index is -3.83. The Morgan fingerprint density at radius 3 is 2.38 bits per heavy atom. The molecule has 2 fully saturated rings. The van der Waals surface area contributed by atoms with Crippen molar-refractivity contribution < 1.29 is 22.3 Å². The van der Waals surface area contributed by atoms with Crippen LogP contribution in [-0.2, 0) is 14.8 Å². The molecule has 0 spiro atoms. The van der Waals surface area contributed by atoms with E-state index >= 15 is 0 Å². The molecular weight excluding hydrogens is 433 g/mol. The highest BCUT2D eigenvalue weighted by Crippen LogP contribution is 2.31. The molecule has 1 atom stereocenters. The Morgan fingerprint density at radius 2 is 1.72 bits per heavy atom. The molecule has 0 aromatic heterocycles. The van der Waals surface area contributed by atoms with E-state index in [1.54, 1.807) is 36.1 Å². The Morgan fingerprint density at radius 1 is 1.03 bits per heavy atom. The van der Waals surface area contributed by atoms with Crippen molar-refractivity contribution in [1.82, 2.24) is 9.21 Å². The zero-order chi connectivity index (χ0) is 22.9. The van der Waals surface area contributed by atoms with E-state index < -0.39 is 16.1 Å². The number of hydrogen-bond acceptors (Lipinski definition) is 5. The molecule has 0 N–H and O–H groups in total. The van der Waals surface area contributed by atoms with Gasteiger partial charge in [-0.25, -0.2) is 12.8 Å². The lowest BCUT2D eigenvalue weighted by Crippen LogP contribution is -2.54. The van der Waals surface area contributed by atoms with Gasteiger partial charge in [0.2, 0.25) is 15.9 Å². The number of amides is 1. The molecule has 2 saturated heterocycles. The molecule has 32 heavy (non-hydrogen) atoms. The second kappa shape index (κ2) is 9.07. The summed E-state index contributed by atoms with van der Waals surface area (Å²) in [5.41, 5.74) is 1.54. The van der Waals surface area contributed by atoms with E-state index in [-0.39, 0.29) is 16.6 Å². The first-order valence-corrected chi connectivity index (χ1v) is 12.2. The van der Waals surface area contributed by atoms with Gasteiger partial charge in [0.1, 0.15) is 17.6 Å². The van der Waals surface area contributed by atoms with Gasteiger partial charge in [0.25, 0.3) is 0 Å². The number of benzene rings is 2. The summed E-state index contributed by atoms with van der Waals surface area (Å²) in [5, 5.41) is 0. The summed E-state index contributed by atoms with van der Waals surface area (Å²) in [6.07, 6.45) is 1.16. The molecule has 9 heteroatoms. The van der Waals surface area contributed by atoms with Gasteiger partial charge >= 0.3 is 0 Å². The monoisotopic (exact) mass is 461 g/mol. The van der Waals surface area contributed by atoms with Crippen molar-refractivity contribution in [2.45, 2.75) is 30.7 Å². The van der Waals surface area contributed by atoms with Crippen LogP contribution in [0.15, 0.2) is 47.4 Å². The number of sulfonamides is 1. The Hall–Kier alpha value is -2.65. The molecule has 2 aliphatic rings. The van der Waals surface area contributed by atoms with Gasteiger partial charge in [0, 0.05) is 44.5 Å². The van der Waals surface area contributed by atoms with Crippen molar-refractivity contribution in [3.8, 4) is 5.75 Å². The average molecular weight is 462 g/mol. The number of rotatable bonds is 5. The number of methoxy groups -OCH3 is 1. The maximum absolute atomic E-state index is 13.4. The molecule has 0 unspecified atom stereocenters. The number of hydrogen-bond donors (Lipinski definition) is 0. The molecule has 0 saturated carbocycles. The first kappa shape index (κ1) is 22.5. The summed E-state index contributed by atoms with van der Waals surface area (Å²) in [7, 11) is -2.34. The smallest absolute Gasteiger partial charge is 0.244 e. The molecule has 0 aliphatic carbocycles. The Balaban J connectivity index is 1.48. The standard InChI is InChI=1S/C23H28FN3O4S/c1-17-5-10-20(31-2)16-22(17)32(29,30)27-11-3-4-21(27)23(28)26-14-12-25(13-15-26)19-8-6-18(24)7-9-19/h5-10,16,21H,3-4,11-15H2,1-2H3/t21-/m0/s1. The van der Waals surface area contributed by atoms with Crippen molar-refractivity contribution in [3.05, 3.63) is 53.8 Å². The number of nitrogens with zero attached hydrogens (tertiary/aromatic N) is 3. The van der Waals surface area contributed by atoms with Gasteiger partial charge in [0.15, 0.2) is 0 Å². The van der Waals surface area contributed by atoms with Crippen molar-refractivity contribution >= 4 is 21.6 Å². The van der Waals surface area contributed by atoms with Crippen LogP contribution < -0.4 is 9.64 Å². The SMILES string of the molecule is COc1ccc(C)c(S(=O)(=O)N2CCC[C@H]2C(=O)N2CCN(c3ccc(F)cc3)CC2)c1. The van der Waals surface area contributed by atoms with E-state index in [1.165, 1.54) is 29.6 Å². The predicted molar refractivity (Wildman–Crippen MR) is 120 cm³/mol. The highest BCUT2D eigenvalue weighted by molar-refractivity contribution is 7.89. The molecule has 2 aromatic carbocycles. The maximum Gasteiger partial charge on any atom is 0.244 e. The lowest BCUT2D eigenvalue weighted by Gasteiger charge is -2.38. The van der Waals surface area contributed by atoms with Gasteiger partial charge in [0.05, 0.1) is 12.0 Å². The minimum absolute atomic E-state index is 0.148. The molecule has 0 bridgehead atoms. The number of halogens is 1. The Kier molecular flexibility index (Phi) is 6.39. The Bertz CT molecular complexity index is 1080. The topological polar surface area (TPSA) is 70.2 Å². The minimum Gasteiger partial charge on any atom is -0.497 e. The van der Waals surface area contributed by atoms with Gasteiger partial charge < -0.3 is 14.5 Å². The quantitative estimate of drug-likeness (QED) is 0.685. The van der Waals surface area contributed by atoms with E-state index in [0.717, 1.165) is 5.69 Å². The summed E-state index contributed by atoms with van der Waals surface area (Å²) in [5.74, 6) is 0.0370. The first-order chi connectivity index (χ1) is 15.3. The third-order valence-electron chi connectivity index (χ3n) is 6.25. The largest absolute Gasteiger partial charge is 0.497 e. The summed E-state index contributed by atoms with van der Waals surface area (Å²) >= 11 is 0. The molecule has 0 radical (unpaired) electrons. The van der Waals surface area contributed by atoms with Crippen LogP contribution in [0.1, 0.15) is 18.4 Å². The number of aryl methyl sites for hydroxylation is 1. The number of carbonyl (C=O) groups excluding carboxylic acids is 1. The summed E-state index contributed by atoms with van der Waals surface area (Å²) in [4.78, 5) is 17.3. The maximum atomic E-state index is 13.4. The molecule has 172 valence electrons. The highest BCUT2D eigenvalue weighted by Gasteiger charge is 2.42. The van der Waals surface area contributed by atoms with Gasteiger partial charge in [-0.1, -0.05) is 6.07 Å². The van der Waals surface area contributed by atoms with Crippen molar-refractivity contribution in [3.63, 3.8) is 0 Å². The zero-order valence-electron chi connectivity index (χ0n) is 18.3. The molecular formula is C23H28FN3O4S. The average Bonchev–Trinajstić information content (AvgIpc) is 3.30. The van der Waals surface area contributed by atoms with Crippen LogP contribution in [0.5, 0.6) is 5.75 Å². The highest BCUT2D eigenvalue weighted by atomic mass is 32.2. The second-order valence-electron chi connectivity index (χ2n) is 8.19. The van der Waals surface area contributed by atoms with E-state index in [9.17, 15) is 17.6 Å². The number of carbonyl (C=O) groups is 1. The van der Waals surface area contributed by atoms with Crippen molar-refractivity contribution in [2.75, 3.05) is 44.7 Å². The van der Waals surface area contributed by atoms with Crippen LogP contribution in [0.3, 0.4) is 0 Å². The third-order valence-corrected chi connectivity index (χ3v) is 8.30. The fourth-order valence-electron chi connectivity index (χ4n) is 4.43. The van der Waals surface area contributed by atoms with Crippen LogP contribution in [0, 0.1) is 12.7 Å². The van der Waals surface area contributed by atoms with E-state index in [1.807, 2.05) is 0 Å². The number of ether oxygens (including phenoxy) is 1. The second-order valence-corrected chi connectivity index (χ2v) is 10.1. The Labute approximate surface area is 188 Å². The normalized spacial score (nSPS) is 19.9. The van der Waals surface area contributed by atoms with Crippen LogP contribution >= 0.6 is 0 Å². The van der Waals surface area contributed by atoms with Crippen LogP contribution in [0.25, 0.3) is 0 Å². The summed E-state index contributed by atoms with van der Waals surface area (Å²) in [6, 6.07) is 10.6. The molecule has 2 aromatic rings. The fraction of sp³-hybridized carbons (Fsp3) is 0.435. The van der Waals surface area contributed by atoms with Gasteiger partial charge in [-0.05, 0) is 55.7 Å². The van der Waals surface area contributed by atoms with E-state index in [0.29, 0.717) is 56.9 Å². The third kappa shape index (κ3) is 4.31. The fourth-order valence-corrected chi connectivity index (χ4v) is 6.33. The van der Waals surface area contributed by atoms with Crippen molar-refractivity contribution in [1.29, 1.82) is 0 Å².